The van der Waals surface area contributed by atoms with Gasteiger partial charge >= 0.3 is 6.03 Å². The molecule has 0 bridgehead atoms. The summed E-state index contributed by atoms with van der Waals surface area (Å²) in [6.45, 7) is 4.27. The zero-order valence-corrected chi connectivity index (χ0v) is 13.5. The molecule has 1 aromatic rings. The third-order valence-electron chi connectivity index (χ3n) is 4.60. The van der Waals surface area contributed by atoms with Crippen LogP contribution in [0.15, 0.2) is 36.4 Å². The highest BCUT2D eigenvalue weighted by atomic mass is 16.2. The first-order valence-electron chi connectivity index (χ1n) is 8.39. The van der Waals surface area contributed by atoms with E-state index in [0.29, 0.717) is 13.1 Å². The van der Waals surface area contributed by atoms with E-state index in [1.807, 2.05) is 13.0 Å². The highest BCUT2D eigenvalue weighted by Gasteiger charge is 2.39. The van der Waals surface area contributed by atoms with Gasteiger partial charge in [-0.3, -0.25) is 4.79 Å². The first kappa shape index (κ1) is 15.7. The molecule has 0 saturated carbocycles. The van der Waals surface area contributed by atoms with Gasteiger partial charge in [-0.15, -0.1) is 0 Å². The predicted molar refractivity (Wildman–Crippen MR) is 88.7 cm³/mol. The van der Waals surface area contributed by atoms with E-state index < -0.39 is 0 Å². The first-order valence-corrected chi connectivity index (χ1v) is 8.39. The van der Waals surface area contributed by atoms with Gasteiger partial charge in [0.15, 0.2) is 6.67 Å². The monoisotopic (exact) mass is 314 g/mol. The van der Waals surface area contributed by atoms with Crippen LogP contribution in [0.5, 0.6) is 0 Å². The van der Waals surface area contributed by atoms with E-state index in [9.17, 15) is 9.59 Å². The molecule has 0 spiro atoms. The van der Waals surface area contributed by atoms with Crippen LogP contribution in [0.2, 0.25) is 0 Å². The summed E-state index contributed by atoms with van der Waals surface area (Å²) in [5.74, 6) is -0.0674. The number of nitrogens with one attached hydrogen (secondary N) is 2. The molecular weight excluding hydrogens is 290 g/mol. The molecule has 2 aliphatic rings. The second kappa shape index (κ2) is 6.96. The average Bonchev–Trinajstić information content (AvgIpc) is 2.84. The number of benzene rings is 1. The van der Waals surface area contributed by atoms with Gasteiger partial charge in [-0.1, -0.05) is 43.7 Å². The number of hydrogen-bond donors (Lipinski definition) is 2. The standard InChI is InChI=1S/C18H23N3O2/c1-2-6-16-17(22)21(18(23)19-16)13-20-11-9-15(10-12-20)14-7-4-3-5-8-14/h3-5,7-9,16H,2,6,10-13H2,1H3,(H,19,23)/p+1/t16-/m1/s1. The van der Waals surface area contributed by atoms with Gasteiger partial charge in [-0.05, 0) is 23.6 Å². The summed E-state index contributed by atoms with van der Waals surface area (Å²) in [5.41, 5.74) is 2.62. The Morgan fingerprint density at radius 3 is 2.70 bits per heavy atom. The highest BCUT2D eigenvalue weighted by Crippen LogP contribution is 2.18. The summed E-state index contributed by atoms with van der Waals surface area (Å²) in [6, 6.07) is 9.82. The summed E-state index contributed by atoms with van der Waals surface area (Å²) in [6.07, 6.45) is 4.82. The molecule has 122 valence electrons. The highest BCUT2D eigenvalue weighted by molar-refractivity contribution is 6.04. The minimum Gasteiger partial charge on any atom is -0.326 e. The Kier molecular flexibility index (Phi) is 4.76. The van der Waals surface area contributed by atoms with E-state index in [-0.39, 0.29) is 18.0 Å². The Morgan fingerprint density at radius 1 is 1.26 bits per heavy atom. The van der Waals surface area contributed by atoms with Crippen molar-refractivity contribution in [2.24, 2.45) is 0 Å². The molecule has 1 saturated heterocycles. The summed E-state index contributed by atoms with van der Waals surface area (Å²) in [5, 5.41) is 2.79. The van der Waals surface area contributed by atoms with E-state index >= 15 is 0 Å². The molecule has 1 aromatic carbocycles. The van der Waals surface area contributed by atoms with Crippen LogP contribution in [0.1, 0.15) is 31.7 Å². The average molecular weight is 314 g/mol. The maximum absolute atomic E-state index is 12.3. The van der Waals surface area contributed by atoms with Crippen LogP contribution in [0, 0.1) is 0 Å². The van der Waals surface area contributed by atoms with E-state index in [2.05, 4.69) is 35.7 Å². The van der Waals surface area contributed by atoms with Crippen molar-refractivity contribution in [2.75, 3.05) is 19.8 Å². The summed E-state index contributed by atoms with van der Waals surface area (Å²) in [4.78, 5) is 26.9. The normalized spacial score (nSPS) is 24.6. The maximum Gasteiger partial charge on any atom is 0.329 e. The van der Waals surface area contributed by atoms with Crippen molar-refractivity contribution in [3.63, 3.8) is 0 Å². The fourth-order valence-corrected chi connectivity index (χ4v) is 3.28. The largest absolute Gasteiger partial charge is 0.329 e. The van der Waals surface area contributed by atoms with Gasteiger partial charge in [0.25, 0.3) is 5.91 Å². The zero-order chi connectivity index (χ0) is 16.2. The molecule has 3 rings (SSSR count). The summed E-state index contributed by atoms with van der Waals surface area (Å²) < 4.78 is 0. The van der Waals surface area contributed by atoms with Crippen molar-refractivity contribution in [2.45, 2.75) is 32.2 Å². The lowest BCUT2D eigenvalue weighted by atomic mass is 10.00. The van der Waals surface area contributed by atoms with Crippen LogP contribution in [-0.2, 0) is 4.79 Å². The van der Waals surface area contributed by atoms with Crippen molar-refractivity contribution in [3.8, 4) is 0 Å². The molecule has 2 N–H and O–H groups in total. The van der Waals surface area contributed by atoms with Crippen molar-refractivity contribution in [1.29, 1.82) is 0 Å². The number of imide groups is 1. The fourth-order valence-electron chi connectivity index (χ4n) is 3.28. The quantitative estimate of drug-likeness (QED) is 0.798. The fraction of sp³-hybridized carbons (Fsp3) is 0.444. The molecule has 1 unspecified atom stereocenters. The number of urea groups is 1. The Bertz CT molecular complexity index is 612. The second-order valence-electron chi connectivity index (χ2n) is 6.26. The second-order valence-corrected chi connectivity index (χ2v) is 6.26. The molecule has 0 radical (unpaired) electrons. The van der Waals surface area contributed by atoms with Gasteiger partial charge in [0.05, 0.1) is 13.1 Å². The van der Waals surface area contributed by atoms with Crippen molar-refractivity contribution in [1.82, 2.24) is 10.2 Å². The molecule has 1 fully saturated rings. The predicted octanol–water partition coefficient (Wildman–Crippen LogP) is 1.04. The van der Waals surface area contributed by atoms with Crippen LogP contribution >= 0.6 is 0 Å². The topological polar surface area (TPSA) is 53.9 Å². The molecule has 5 heteroatoms. The third-order valence-corrected chi connectivity index (χ3v) is 4.60. The minimum atomic E-state index is -0.327. The Labute approximate surface area is 137 Å². The van der Waals surface area contributed by atoms with E-state index in [1.165, 1.54) is 20.9 Å². The molecular formula is C18H24N3O2+. The van der Waals surface area contributed by atoms with Crippen molar-refractivity contribution < 1.29 is 14.5 Å². The molecule has 2 atom stereocenters. The smallest absolute Gasteiger partial charge is 0.326 e. The van der Waals surface area contributed by atoms with Gasteiger partial charge in [0, 0.05) is 6.42 Å². The lowest BCUT2D eigenvalue weighted by Gasteiger charge is -2.26. The number of carbonyl (C=O) groups excluding carboxylic acids is 2. The van der Waals surface area contributed by atoms with Crippen LogP contribution in [0.25, 0.3) is 5.57 Å². The van der Waals surface area contributed by atoms with Crippen LogP contribution in [0.3, 0.4) is 0 Å². The first-order chi connectivity index (χ1) is 11.2. The third kappa shape index (κ3) is 3.45. The Balaban J connectivity index is 1.59. The van der Waals surface area contributed by atoms with Crippen molar-refractivity contribution >= 4 is 17.5 Å². The number of quaternary nitrogens is 1. The van der Waals surface area contributed by atoms with Gasteiger partial charge < -0.3 is 10.2 Å². The molecule has 5 nitrogen and oxygen atoms in total. The Morgan fingerprint density at radius 2 is 2.04 bits per heavy atom. The van der Waals surface area contributed by atoms with Crippen LogP contribution < -0.4 is 10.2 Å². The molecule has 2 heterocycles. The van der Waals surface area contributed by atoms with Gasteiger partial charge in [-0.25, -0.2) is 9.69 Å². The molecule has 0 aliphatic carbocycles. The lowest BCUT2D eigenvalue weighted by Crippen LogP contribution is -3.14. The zero-order valence-electron chi connectivity index (χ0n) is 13.5. The van der Waals surface area contributed by atoms with Gasteiger partial charge in [-0.2, -0.15) is 0 Å². The number of hydrogen-bond acceptors (Lipinski definition) is 2. The lowest BCUT2D eigenvalue weighted by molar-refractivity contribution is -0.902. The van der Waals surface area contributed by atoms with Crippen LogP contribution in [-0.4, -0.2) is 42.6 Å². The number of rotatable bonds is 5. The number of carbonyl (C=O) groups is 2. The van der Waals surface area contributed by atoms with Gasteiger partial charge in [0.1, 0.15) is 6.04 Å². The number of nitrogens with zero attached hydrogens (tertiary/aromatic N) is 1. The Hall–Kier alpha value is -2.14. The van der Waals surface area contributed by atoms with Crippen molar-refractivity contribution in [3.05, 3.63) is 42.0 Å². The number of amides is 3. The van der Waals surface area contributed by atoms with E-state index in [1.54, 1.807) is 0 Å². The maximum atomic E-state index is 12.3. The summed E-state index contributed by atoms with van der Waals surface area (Å²) >= 11 is 0. The molecule has 2 aliphatic heterocycles. The van der Waals surface area contributed by atoms with E-state index in [0.717, 1.165) is 25.9 Å². The minimum absolute atomic E-state index is 0.0674. The SMILES string of the molecule is CCC[C@H]1NC(=O)N(C[NH+]2CC=C(c3ccccc3)CC2)C1=O. The molecule has 23 heavy (non-hydrogen) atoms. The van der Waals surface area contributed by atoms with Crippen LogP contribution in [0.4, 0.5) is 4.79 Å². The van der Waals surface area contributed by atoms with Gasteiger partial charge in [0.2, 0.25) is 0 Å². The molecule has 3 amide bonds. The molecule has 0 aromatic heterocycles. The summed E-state index contributed by atoms with van der Waals surface area (Å²) in [7, 11) is 0. The van der Waals surface area contributed by atoms with E-state index in [4.69, 9.17) is 0 Å².